The van der Waals surface area contributed by atoms with Gasteiger partial charge in [0.05, 0.1) is 18.7 Å². The fraction of sp³-hybridized carbons (Fsp3) is 0.412. The highest BCUT2D eigenvalue weighted by Gasteiger charge is 2.13. The quantitative estimate of drug-likeness (QED) is 0.783. The third kappa shape index (κ3) is 4.07. The minimum atomic E-state index is 0.133. The van der Waals surface area contributed by atoms with E-state index in [1.54, 1.807) is 11.3 Å². The molecule has 0 aliphatic heterocycles. The molecule has 118 valence electrons. The van der Waals surface area contributed by atoms with Crippen LogP contribution in [0.2, 0.25) is 0 Å². The van der Waals surface area contributed by atoms with Gasteiger partial charge in [-0.1, -0.05) is 0 Å². The van der Waals surface area contributed by atoms with Crippen LogP contribution in [0.15, 0.2) is 29.6 Å². The highest BCUT2D eigenvalue weighted by Crippen LogP contribution is 2.26. The zero-order chi connectivity index (χ0) is 15.9. The second-order valence-corrected chi connectivity index (χ2v) is 5.70. The average molecular weight is 318 g/mol. The fourth-order valence-corrected chi connectivity index (χ4v) is 3.05. The summed E-state index contributed by atoms with van der Waals surface area (Å²) in [5, 5.41) is 2.90. The summed E-state index contributed by atoms with van der Waals surface area (Å²) in [4.78, 5) is 18.5. The minimum absolute atomic E-state index is 0.133. The van der Waals surface area contributed by atoms with Gasteiger partial charge in [0.25, 0.3) is 0 Å². The number of thiazole rings is 1. The molecule has 0 spiro atoms. The van der Waals surface area contributed by atoms with Gasteiger partial charge in [-0.3, -0.25) is 4.79 Å². The van der Waals surface area contributed by atoms with Crippen LogP contribution in [-0.4, -0.2) is 35.5 Å². The normalized spacial score (nSPS) is 10.5. The highest BCUT2D eigenvalue weighted by atomic mass is 32.1. The Bertz CT molecular complexity index is 603. The predicted molar refractivity (Wildman–Crippen MR) is 90.4 cm³/mol. The van der Waals surface area contributed by atoms with E-state index in [1.165, 1.54) is 0 Å². The molecule has 0 aliphatic rings. The van der Waals surface area contributed by atoms with E-state index >= 15 is 0 Å². The molecule has 0 saturated heterocycles. The number of likely N-dealkylation sites (N-methyl/N-ethyl adjacent to an activating group) is 1. The zero-order valence-corrected chi connectivity index (χ0v) is 14.2. The van der Waals surface area contributed by atoms with Crippen LogP contribution in [0.1, 0.15) is 26.5 Å². The van der Waals surface area contributed by atoms with Crippen LogP contribution in [-0.2, 0) is 11.2 Å². The fourth-order valence-electron chi connectivity index (χ4n) is 2.22. The summed E-state index contributed by atoms with van der Waals surface area (Å²) in [6, 6.07) is 7.89. The first-order valence-electron chi connectivity index (χ1n) is 7.63. The molecular weight excluding hydrogens is 296 g/mol. The second kappa shape index (κ2) is 7.94. The SMILES string of the molecule is CCOc1ccc(-c2nc(CC(=O)N(CC)CC)cs2)cc1. The third-order valence-corrected chi connectivity index (χ3v) is 4.35. The maximum Gasteiger partial charge on any atom is 0.228 e. The average Bonchev–Trinajstić information content (AvgIpc) is 2.98. The Morgan fingerprint density at radius 1 is 1.18 bits per heavy atom. The standard InChI is InChI=1S/C17H22N2O2S/c1-4-19(5-2)16(20)11-14-12-22-17(18-14)13-7-9-15(10-8-13)21-6-3/h7-10,12H,4-6,11H2,1-3H3. The molecule has 0 atom stereocenters. The van der Waals surface area contributed by atoms with Crippen LogP contribution in [0.5, 0.6) is 5.75 Å². The molecule has 2 aromatic rings. The largest absolute Gasteiger partial charge is 0.494 e. The number of rotatable bonds is 7. The summed E-state index contributed by atoms with van der Waals surface area (Å²) < 4.78 is 5.44. The van der Waals surface area contributed by atoms with Crippen molar-refractivity contribution in [1.82, 2.24) is 9.88 Å². The van der Waals surface area contributed by atoms with E-state index in [9.17, 15) is 4.79 Å². The zero-order valence-electron chi connectivity index (χ0n) is 13.3. The van der Waals surface area contributed by atoms with Gasteiger partial charge in [-0.2, -0.15) is 0 Å². The van der Waals surface area contributed by atoms with Gasteiger partial charge in [0.1, 0.15) is 10.8 Å². The van der Waals surface area contributed by atoms with Gasteiger partial charge >= 0.3 is 0 Å². The molecule has 1 aromatic heterocycles. The lowest BCUT2D eigenvalue weighted by molar-refractivity contribution is -0.130. The minimum Gasteiger partial charge on any atom is -0.494 e. The molecule has 0 saturated carbocycles. The van der Waals surface area contributed by atoms with Gasteiger partial charge < -0.3 is 9.64 Å². The van der Waals surface area contributed by atoms with Crippen molar-refractivity contribution in [1.29, 1.82) is 0 Å². The van der Waals surface area contributed by atoms with Crippen molar-refractivity contribution < 1.29 is 9.53 Å². The molecule has 0 fully saturated rings. The monoisotopic (exact) mass is 318 g/mol. The summed E-state index contributed by atoms with van der Waals surface area (Å²) in [5.74, 6) is 0.994. The summed E-state index contributed by atoms with van der Waals surface area (Å²) in [6.07, 6.45) is 0.370. The number of nitrogens with zero attached hydrogens (tertiary/aromatic N) is 2. The van der Waals surface area contributed by atoms with Gasteiger partial charge in [-0.25, -0.2) is 4.98 Å². The first kappa shape index (κ1) is 16.5. The van der Waals surface area contributed by atoms with Crippen molar-refractivity contribution >= 4 is 17.2 Å². The molecule has 5 heteroatoms. The van der Waals surface area contributed by atoms with Crippen LogP contribution in [0.3, 0.4) is 0 Å². The molecule has 1 amide bonds. The van der Waals surface area contributed by atoms with Crippen LogP contribution in [0.25, 0.3) is 10.6 Å². The van der Waals surface area contributed by atoms with E-state index in [0.29, 0.717) is 13.0 Å². The number of hydrogen-bond acceptors (Lipinski definition) is 4. The summed E-state index contributed by atoms with van der Waals surface area (Å²) in [5.41, 5.74) is 1.89. The molecule has 1 aromatic carbocycles. The first-order chi connectivity index (χ1) is 10.7. The van der Waals surface area contributed by atoms with E-state index < -0.39 is 0 Å². The summed E-state index contributed by atoms with van der Waals surface area (Å²) >= 11 is 1.57. The Morgan fingerprint density at radius 3 is 2.45 bits per heavy atom. The van der Waals surface area contributed by atoms with Crippen LogP contribution < -0.4 is 4.74 Å². The molecule has 0 aliphatic carbocycles. The van der Waals surface area contributed by atoms with Crippen molar-refractivity contribution in [2.24, 2.45) is 0 Å². The van der Waals surface area contributed by atoms with Gasteiger partial charge in [0.15, 0.2) is 0 Å². The second-order valence-electron chi connectivity index (χ2n) is 4.84. The number of carbonyl (C=O) groups excluding carboxylic acids is 1. The number of carbonyl (C=O) groups is 1. The van der Waals surface area contributed by atoms with E-state index in [2.05, 4.69) is 4.98 Å². The molecule has 0 bridgehead atoms. The molecule has 4 nitrogen and oxygen atoms in total. The van der Waals surface area contributed by atoms with Gasteiger partial charge in [-0.05, 0) is 45.0 Å². The Morgan fingerprint density at radius 2 is 1.86 bits per heavy atom. The third-order valence-electron chi connectivity index (χ3n) is 3.41. The lowest BCUT2D eigenvalue weighted by Gasteiger charge is -2.17. The lowest BCUT2D eigenvalue weighted by atomic mass is 10.2. The van der Waals surface area contributed by atoms with E-state index in [-0.39, 0.29) is 5.91 Å². The number of hydrogen-bond donors (Lipinski definition) is 0. The Balaban J connectivity index is 2.06. The van der Waals surface area contributed by atoms with Crippen molar-refractivity contribution in [3.8, 4) is 16.3 Å². The van der Waals surface area contributed by atoms with Crippen LogP contribution in [0, 0.1) is 0 Å². The Kier molecular flexibility index (Phi) is 5.95. The predicted octanol–water partition coefficient (Wildman–Crippen LogP) is 3.62. The molecule has 0 radical (unpaired) electrons. The summed E-state index contributed by atoms with van der Waals surface area (Å²) in [7, 11) is 0. The van der Waals surface area contributed by atoms with Crippen molar-refractivity contribution in [3.63, 3.8) is 0 Å². The lowest BCUT2D eigenvalue weighted by Crippen LogP contribution is -2.31. The smallest absolute Gasteiger partial charge is 0.228 e. The van der Waals surface area contributed by atoms with Gasteiger partial charge in [0, 0.05) is 24.0 Å². The number of benzene rings is 1. The highest BCUT2D eigenvalue weighted by molar-refractivity contribution is 7.13. The number of amides is 1. The molecule has 22 heavy (non-hydrogen) atoms. The Hall–Kier alpha value is -1.88. The van der Waals surface area contributed by atoms with Crippen LogP contribution in [0.4, 0.5) is 0 Å². The topological polar surface area (TPSA) is 42.4 Å². The molecule has 0 N–H and O–H groups in total. The number of ether oxygens (including phenoxy) is 1. The van der Waals surface area contributed by atoms with Crippen LogP contribution >= 0.6 is 11.3 Å². The summed E-state index contributed by atoms with van der Waals surface area (Å²) in [6.45, 7) is 8.10. The molecule has 2 rings (SSSR count). The van der Waals surface area contributed by atoms with Crippen molar-refractivity contribution in [3.05, 3.63) is 35.3 Å². The number of aromatic nitrogens is 1. The van der Waals surface area contributed by atoms with E-state index in [1.807, 2.05) is 55.3 Å². The van der Waals surface area contributed by atoms with Crippen molar-refractivity contribution in [2.75, 3.05) is 19.7 Å². The maximum atomic E-state index is 12.1. The van der Waals surface area contributed by atoms with E-state index in [4.69, 9.17) is 4.74 Å². The van der Waals surface area contributed by atoms with Gasteiger partial charge in [-0.15, -0.1) is 11.3 Å². The van der Waals surface area contributed by atoms with E-state index in [0.717, 1.165) is 35.1 Å². The van der Waals surface area contributed by atoms with Crippen molar-refractivity contribution in [2.45, 2.75) is 27.2 Å². The molecule has 0 unspecified atom stereocenters. The Labute approximate surface area is 135 Å². The van der Waals surface area contributed by atoms with Gasteiger partial charge in [0.2, 0.25) is 5.91 Å². The molecule has 1 heterocycles. The maximum absolute atomic E-state index is 12.1. The molecular formula is C17H22N2O2S. The first-order valence-corrected chi connectivity index (χ1v) is 8.51.